The van der Waals surface area contributed by atoms with Crippen LogP contribution in [0.2, 0.25) is 0 Å². The van der Waals surface area contributed by atoms with Gasteiger partial charge in [-0.3, -0.25) is 19.3 Å². The van der Waals surface area contributed by atoms with Crippen LogP contribution in [0.3, 0.4) is 0 Å². The summed E-state index contributed by atoms with van der Waals surface area (Å²) < 4.78 is 9.11. The summed E-state index contributed by atoms with van der Waals surface area (Å²) in [6.07, 6.45) is 0. The lowest BCUT2D eigenvalue weighted by molar-refractivity contribution is -0.157. The van der Waals surface area contributed by atoms with Crippen molar-refractivity contribution < 1.29 is 28.7 Å². The average Bonchev–Trinajstić information content (AvgIpc) is 2.47. The van der Waals surface area contributed by atoms with Crippen molar-refractivity contribution in [2.75, 3.05) is 25.7 Å². The number of rotatable bonds is 8. The summed E-state index contributed by atoms with van der Waals surface area (Å²) in [6.45, 7) is 2.39. The van der Waals surface area contributed by atoms with Crippen molar-refractivity contribution in [1.82, 2.24) is 4.90 Å². The number of hydrogen-bond acceptors (Lipinski definition) is 9. The summed E-state index contributed by atoms with van der Waals surface area (Å²) in [4.78, 5) is 46.8. The number of nitrogens with zero attached hydrogens (tertiary/aromatic N) is 1. The van der Waals surface area contributed by atoms with Crippen LogP contribution in [0.5, 0.6) is 0 Å². The fraction of sp³-hybridized carbons (Fsp3) is 0.667. The zero-order chi connectivity index (χ0) is 17.3. The van der Waals surface area contributed by atoms with E-state index in [4.69, 9.17) is 5.73 Å². The number of methoxy groups -OCH3 is 2. The number of imide groups is 1. The summed E-state index contributed by atoms with van der Waals surface area (Å²) in [5, 5.41) is 0. The zero-order valence-electron chi connectivity index (χ0n) is 12.9. The van der Waals surface area contributed by atoms with E-state index in [1.54, 1.807) is 0 Å². The Morgan fingerprint density at radius 3 is 1.82 bits per heavy atom. The highest BCUT2D eigenvalue weighted by Gasteiger charge is 2.32. The molecule has 0 radical (unpaired) electrons. The Morgan fingerprint density at radius 2 is 1.41 bits per heavy atom. The predicted molar refractivity (Wildman–Crippen MR) is 83.9 cm³/mol. The number of amides is 2. The summed E-state index contributed by atoms with van der Waals surface area (Å²) in [5.74, 6) is -1.91. The molecule has 0 spiro atoms. The molecule has 0 aromatic rings. The van der Waals surface area contributed by atoms with E-state index >= 15 is 0 Å². The number of esters is 2. The Hall–Kier alpha value is -1.26. The first-order valence-electron chi connectivity index (χ1n) is 6.22. The quantitative estimate of drug-likeness (QED) is 0.360. The molecule has 0 aliphatic carbocycles. The molecule has 22 heavy (non-hydrogen) atoms. The molecule has 0 saturated heterocycles. The van der Waals surface area contributed by atoms with E-state index in [9.17, 15) is 19.2 Å². The van der Waals surface area contributed by atoms with E-state index in [1.807, 2.05) is 0 Å². The van der Waals surface area contributed by atoms with E-state index in [2.05, 4.69) is 9.47 Å². The van der Waals surface area contributed by atoms with Crippen molar-refractivity contribution in [2.45, 2.75) is 25.9 Å². The van der Waals surface area contributed by atoms with Gasteiger partial charge in [0.05, 0.1) is 14.2 Å². The second-order valence-corrected chi connectivity index (χ2v) is 6.70. The Kier molecular flexibility index (Phi) is 9.86. The van der Waals surface area contributed by atoms with Crippen LogP contribution in [-0.2, 0) is 28.7 Å². The van der Waals surface area contributed by atoms with Crippen molar-refractivity contribution >= 4 is 45.3 Å². The summed E-state index contributed by atoms with van der Waals surface area (Å²) in [6, 6.07) is -1.80. The molecule has 8 nitrogen and oxygen atoms in total. The lowest BCUT2D eigenvalue weighted by atomic mass is 10.2. The fourth-order valence-corrected chi connectivity index (χ4v) is 3.79. The third-order valence-electron chi connectivity index (χ3n) is 2.52. The highest BCUT2D eigenvalue weighted by Crippen LogP contribution is 2.25. The minimum Gasteiger partial charge on any atom is -0.468 e. The van der Waals surface area contributed by atoms with E-state index < -0.39 is 35.8 Å². The lowest BCUT2D eigenvalue weighted by Crippen LogP contribution is -2.48. The van der Waals surface area contributed by atoms with Crippen molar-refractivity contribution in [3.05, 3.63) is 0 Å². The average molecular weight is 352 g/mol. The summed E-state index contributed by atoms with van der Waals surface area (Å²) >= 11 is 0. The van der Waals surface area contributed by atoms with Crippen LogP contribution in [0.25, 0.3) is 0 Å². The number of carbonyl (C=O) groups is 4. The normalized spacial score (nSPS) is 13.0. The van der Waals surface area contributed by atoms with E-state index in [1.165, 1.54) is 49.7 Å². The van der Waals surface area contributed by atoms with Gasteiger partial charge in [-0.25, -0.2) is 4.79 Å². The third-order valence-corrected chi connectivity index (χ3v) is 4.95. The van der Waals surface area contributed by atoms with Crippen LogP contribution in [0.1, 0.15) is 13.8 Å². The molecule has 126 valence electrons. The van der Waals surface area contributed by atoms with Gasteiger partial charge in [-0.05, 0) is 0 Å². The van der Waals surface area contributed by atoms with Gasteiger partial charge in [-0.1, -0.05) is 21.6 Å². The van der Waals surface area contributed by atoms with E-state index in [0.717, 1.165) is 4.90 Å². The minimum absolute atomic E-state index is 0.129. The van der Waals surface area contributed by atoms with Gasteiger partial charge in [0.2, 0.25) is 11.8 Å². The Morgan fingerprint density at radius 1 is 0.955 bits per heavy atom. The molecular formula is C12H20N2O6S2. The van der Waals surface area contributed by atoms with Gasteiger partial charge in [0.15, 0.2) is 0 Å². The van der Waals surface area contributed by atoms with Crippen LogP contribution in [0, 0.1) is 0 Å². The van der Waals surface area contributed by atoms with Gasteiger partial charge in [0.25, 0.3) is 0 Å². The summed E-state index contributed by atoms with van der Waals surface area (Å²) in [7, 11) is 4.86. The van der Waals surface area contributed by atoms with Gasteiger partial charge in [-0.2, -0.15) is 0 Å². The molecular weight excluding hydrogens is 332 g/mol. The maximum Gasteiger partial charge on any atom is 0.329 e. The van der Waals surface area contributed by atoms with E-state index in [-0.39, 0.29) is 11.5 Å². The second kappa shape index (κ2) is 10.5. The molecule has 0 fully saturated rings. The van der Waals surface area contributed by atoms with Crippen molar-refractivity contribution in [3.63, 3.8) is 0 Å². The molecule has 10 heteroatoms. The second-order valence-electron chi connectivity index (χ2n) is 4.15. The molecule has 0 unspecified atom stereocenters. The van der Waals surface area contributed by atoms with Crippen LogP contribution >= 0.6 is 21.6 Å². The number of hydrogen-bond donors (Lipinski definition) is 1. The molecule has 0 aliphatic heterocycles. The first-order chi connectivity index (χ1) is 10.3. The van der Waals surface area contributed by atoms with Gasteiger partial charge in [0.1, 0.15) is 12.1 Å². The molecule has 2 amide bonds. The van der Waals surface area contributed by atoms with Gasteiger partial charge >= 0.3 is 11.9 Å². The molecule has 0 heterocycles. The van der Waals surface area contributed by atoms with Crippen LogP contribution < -0.4 is 5.73 Å². The monoisotopic (exact) mass is 352 g/mol. The van der Waals surface area contributed by atoms with Crippen molar-refractivity contribution in [2.24, 2.45) is 5.73 Å². The van der Waals surface area contributed by atoms with Gasteiger partial charge in [0, 0.05) is 25.4 Å². The number of nitrogens with two attached hydrogens (primary N) is 1. The fourth-order valence-electron chi connectivity index (χ4n) is 1.50. The number of ether oxygens (including phenoxy) is 2. The Bertz CT molecular complexity index is 418. The molecule has 0 aromatic carbocycles. The van der Waals surface area contributed by atoms with E-state index in [0.29, 0.717) is 0 Å². The van der Waals surface area contributed by atoms with Crippen molar-refractivity contribution in [3.8, 4) is 0 Å². The van der Waals surface area contributed by atoms with Crippen LogP contribution in [0.15, 0.2) is 0 Å². The standard InChI is InChI=1S/C12H20N2O6S2/c1-7(15)14(8(2)16)10(12(18)20-4)6-22-21-5-9(13)11(17)19-3/h9-10H,5-6,13H2,1-4H3/t9-,10-/m0/s1. The highest BCUT2D eigenvalue weighted by atomic mass is 33.1. The van der Waals surface area contributed by atoms with Crippen LogP contribution in [-0.4, -0.2) is 66.5 Å². The smallest absolute Gasteiger partial charge is 0.329 e. The molecule has 0 aromatic heterocycles. The maximum atomic E-state index is 11.8. The SMILES string of the molecule is COC(=O)[C@@H](N)CSSC[C@@H](C(=O)OC)N(C(C)=O)C(C)=O. The van der Waals surface area contributed by atoms with Gasteiger partial charge in [-0.15, -0.1) is 0 Å². The maximum absolute atomic E-state index is 11.8. The predicted octanol–water partition coefficient (Wildman–Crippen LogP) is -0.195. The van der Waals surface area contributed by atoms with Crippen molar-refractivity contribution in [1.29, 1.82) is 0 Å². The molecule has 0 saturated carbocycles. The Labute approximate surface area is 136 Å². The highest BCUT2D eigenvalue weighted by molar-refractivity contribution is 8.76. The molecule has 0 rings (SSSR count). The lowest BCUT2D eigenvalue weighted by Gasteiger charge is -2.25. The Balaban J connectivity index is 4.62. The molecule has 0 bridgehead atoms. The first-order valence-corrected chi connectivity index (χ1v) is 8.71. The molecule has 0 aliphatic rings. The first kappa shape index (κ1) is 20.7. The molecule has 2 atom stereocenters. The third kappa shape index (κ3) is 6.67. The largest absolute Gasteiger partial charge is 0.468 e. The van der Waals surface area contributed by atoms with Crippen LogP contribution in [0.4, 0.5) is 0 Å². The minimum atomic E-state index is -1.02. The van der Waals surface area contributed by atoms with Gasteiger partial charge < -0.3 is 15.2 Å². The summed E-state index contributed by atoms with van der Waals surface area (Å²) in [5.41, 5.74) is 5.57. The molecule has 2 N–H and O–H groups in total. The number of carbonyl (C=O) groups excluding carboxylic acids is 4. The topological polar surface area (TPSA) is 116 Å². The zero-order valence-corrected chi connectivity index (χ0v) is 14.5.